The zero-order chi connectivity index (χ0) is 20.5. The van der Waals surface area contributed by atoms with E-state index in [0.29, 0.717) is 28.3 Å². The van der Waals surface area contributed by atoms with E-state index in [-0.39, 0.29) is 11.6 Å². The van der Waals surface area contributed by atoms with Crippen LogP contribution in [0.2, 0.25) is 0 Å². The van der Waals surface area contributed by atoms with Gasteiger partial charge in [0.15, 0.2) is 0 Å². The lowest BCUT2D eigenvalue weighted by molar-refractivity contribution is -0.384. The van der Waals surface area contributed by atoms with Crippen LogP contribution in [0, 0.1) is 24.0 Å². The molecule has 0 atom stereocenters. The van der Waals surface area contributed by atoms with Gasteiger partial charge in [0.05, 0.1) is 16.4 Å². The number of aromatic nitrogens is 7. The normalized spacial score (nSPS) is 11.1. The third-order valence-corrected chi connectivity index (χ3v) is 4.89. The van der Waals surface area contributed by atoms with Crippen molar-refractivity contribution < 1.29 is 9.34 Å². The number of rotatable bonds is 6. The van der Waals surface area contributed by atoms with Crippen molar-refractivity contribution in [2.75, 3.05) is 5.84 Å². The predicted molar refractivity (Wildman–Crippen MR) is 103 cm³/mol. The van der Waals surface area contributed by atoms with Gasteiger partial charge in [-0.25, -0.2) is 9.36 Å². The van der Waals surface area contributed by atoms with E-state index in [0.717, 1.165) is 11.4 Å². The van der Waals surface area contributed by atoms with E-state index >= 15 is 0 Å². The first-order valence-electron chi connectivity index (χ1n) is 8.36. The van der Waals surface area contributed by atoms with Crippen LogP contribution in [-0.4, -0.2) is 39.8 Å². The Morgan fingerprint density at radius 1 is 1.17 bits per heavy atom. The molecule has 0 amide bonds. The second kappa shape index (κ2) is 7.35. The van der Waals surface area contributed by atoms with Crippen molar-refractivity contribution in [3.05, 3.63) is 57.7 Å². The number of benzene rings is 1. The summed E-state index contributed by atoms with van der Waals surface area (Å²) in [6, 6.07) is 7.79. The van der Waals surface area contributed by atoms with Crippen molar-refractivity contribution in [3.8, 4) is 17.4 Å². The summed E-state index contributed by atoms with van der Waals surface area (Å²) in [6.07, 6.45) is 0. The number of nitro groups is 1. The summed E-state index contributed by atoms with van der Waals surface area (Å²) in [5, 5.41) is 31.7. The molecule has 29 heavy (non-hydrogen) atoms. The number of nitrogens with two attached hydrogens (primary N) is 1. The van der Waals surface area contributed by atoms with E-state index in [4.69, 9.17) is 10.3 Å². The summed E-state index contributed by atoms with van der Waals surface area (Å²) in [7, 11) is 0. The molecule has 3 heterocycles. The highest BCUT2D eigenvalue weighted by Gasteiger charge is 2.17. The first-order chi connectivity index (χ1) is 13.9. The minimum absolute atomic E-state index is 0.00950. The maximum Gasteiger partial charge on any atom is 0.271 e. The topological polar surface area (TPSA) is 157 Å². The Morgan fingerprint density at radius 2 is 1.93 bits per heavy atom. The summed E-state index contributed by atoms with van der Waals surface area (Å²) in [5.74, 6) is 7.46. The zero-order valence-electron chi connectivity index (χ0n) is 15.4. The maximum absolute atomic E-state index is 10.7. The van der Waals surface area contributed by atoms with Gasteiger partial charge in [-0.2, -0.15) is 5.10 Å². The lowest BCUT2D eigenvalue weighted by Gasteiger charge is -2.03. The van der Waals surface area contributed by atoms with Gasteiger partial charge in [-0.1, -0.05) is 11.8 Å². The van der Waals surface area contributed by atoms with E-state index in [1.54, 1.807) is 16.8 Å². The van der Waals surface area contributed by atoms with Gasteiger partial charge < -0.3 is 10.3 Å². The highest BCUT2D eigenvalue weighted by Crippen LogP contribution is 2.25. The summed E-state index contributed by atoms with van der Waals surface area (Å²) in [6.45, 7) is 3.79. The van der Waals surface area contributed by atoms with Crippen LogP contribution < -0.4 is 5.84 Å². The highest BCUT2D eigenvalue weighted by atomic mass is 32.2. The average molecular weight is 413 g/mol. The second-order valence-corrected chi connectivity index (χ2v) is 7.03. The lowest BCUT2D eigenvalue weighted by Crippen LogP contribution is -2.17. The van der Waals surface area contributed by atoms with Crippen LogP contribution in [0.15, 0.2) is 39.9 Å². The van der Waals surface area contributed by atoms with Gasteiger partial charge in [-0.15, -0.1) is 20.4 Å². The van der Waals surface area contributed by atoms with Crippen molar-refractivity contribution >= 4 is 17.4 Å². The average Bonchev–Trinajstić information content (AvgIpc) is 3.39. The van der Waals surface area contributed by atoms with E-state index in [9.17, 15) is 10.1 Å². The fraction of sp³-hybridized carbons (Fsp3) is 0.188. The smallest absolute Gasteiger partial charge is 0.271 e. The van der Waals surface area contributed by atoms with Crippen LogP contribution in [0.25, 0.3) is 17.4 Å². The third kappa shape index (κ3) is 3.67. The van der Waals surface area contributed by atoms with Crippen molar-refractivity contribution in [2.24, 2.45) is 0 Å². The zero-order valence-corrected chi connectivity index (χ0v) is 16.2. The number of nitrogens with zero attached hydrogens (tertiary/aromatic N) is 8. The molecule has 1 aromatic carbocycles. The van der Waals surface area contributed by atoms with E-state index in [2.05, 4.69) is 25.5 Å². The third-order valence-electron chi connectivity index (χ3n) is 3.96. The Labute approximate surface area is 167 Å². The minimum Gasteiger partial charge on any atom is -0.420 e. The van der Waals surface area contributed by atoms with Crippen LogP contribution >= 0.6 is 11.8 Å². The molecule has 0 saturated heterocycles. The van der Waals surface area contributed by atoms with Crippen LogP contribution in [-0.2, 0) is 5.75 Å². The quantitative estimate of drug-likeness (QED) is 0.215. The van der Waals surface area contributed by atoms with Gasteiger partial charge >= 0.3 is 0 Å². The van der Waals surface area contributed by atoms with Gasteiger partial charge in [0, 0.05) is 23.4 Å². The van der Waals surface area contributed by atoms with E-state index in [1.807, 2.05) is 19.9 Å². The largest absolute Gasteiger partial charge is 0.420 e. The lowest BCUT2D eigenvalue weighted by atomic mass is 10.2. The Balaban J connectivity index is 1.46. The fourth-order valence-electron chi connectivity index (χ4n) is 2.62. The fourth-order valence-corrected chi connectivity index (χ4v) is 3.31. The number of aryl methyl sites for hydroxylation is 2. The molecule has 3 aromatic heterocycles. The number of nitrogen functional groups attached to an aromatic ring is 1. The number of hydrogen-bond acceptors (Lipinski definition) is 10. The summed E-state index contributed by atoms with van der Waals surface area (Å²) >= 11 is 1.28. The molecular formula is C16H15N9O3S. The molecular weight excluding hydrogens is 398 g/mol. The molecule has 2 N–H and O–H groups in total. The maximum atomic E-state index is 10.7. The van der Waals surface area contributed by atoms with Gasteiger partial charge in [0.2, 0.25) is 16.9 Å². The van der Waals surface area contributed by atoms with Crippen LogP contribution in [0.1, 0.15) is 17.3 Å². The van der Waals surface area contributed by atoms with Gasteiger partial charge in [-0.3, -0.25) is 10.1 Å². The van der Waals surface area contributed by atoms with Gasteiger partial charge in [-0.05, 0) is 32.0 Å². The molecule has 0 unspecified atom stereocenters. The highest BCUT2D eigenvalue weighted by molar-refractivity contribution is 7.98. The monoisotopic (exact) mass is 413 g/mol. The molecule has 0 fully saturated rings. The number of thioether (sulfide) groups is 1. The Bertz CT molecular complexity index is 1180. The molecule has 0 aliphatic carbocycles. The Hall–Kier alpha value is -3.74. The molecule has 0 spiro atoms. The molecule has 12 nitrogen and oxygen atoms in total. The molecule has 148 valence electrons. The molecule has 0 aliphatic rings. The summed E-state index contributed by atoms with van der Waals surface area (Å²) in [5.41, 5.74) is 2.32. The molecule has 4 rings (SSSR count). The molecule has 4 aromatic rings. The number of non-ortho nitro benzene ring substituents is 1. The van der Waals surface area contributed by atoms with Crippen molar-refractivity contribution in [1.29, 1.82) is 0 Å². The summed E-state index contributed by atoms with van der Waals surface area (Å²) < 4.78 is 8.58. The SMILES string of the molecule is Cc1cc(C)n(-c2nnc(SCc3nnc(-c4ccc([N+](=O)[O-])cc4)o3)n2N)n1. The number of hydrogen-bond donors (Lipinski definition) is 1. The first kappa shape index (κ1) is 18.6. The van der Waals surface area contributed by atoms with Gasteiger partial charge in [0.25, 0.3) is 11.6 Å². The standard InChI is InChI=1S/C16H15N9O3S/c1-9-7-10(2)24(22-9)15-20-21-16(23(15)17)29-8-13-18-19-14(28-13)11-3-5-12(6-4-11)25(26)27/h3-7H,8,17H2,1-2H3. The van der Waals surface area contributed by atoms with Crippen molar-refractivity contribution in [2.45, 2.75) is 24.8 Å². The van der Waals surface area contributed by atoms with E-state index in [1.165, 1.54) is 28.6 Å². The molecule has 0 bridgehead atoms. The minimum atomic E-state index is -0.469. The van der Waals surface area contributed by atoms with Crippen molar-refractivity contribution in [3.63, 3.8) is 0 Å². The van der Waals surface area contributed by atoms with Crippen LogP contribution in [0.3, 0.4) is 0 Å². The molecule has 0 aliphatic heterocycles. The first-order valence-corrected chi connectivity index (χ1v) is 9.35. The van der Waals surface area contributed by atoms with E-state index < -0.39 is 4.92 Å². The second-order valence-electron chi connectivity index (χ2n) is 6.09. The van der Waals surface area contributed by atoms with Gasteiger partial charge in [0.1, 0.15) is 0 Å². The molecule has 13 heteroatoms. The predicted octanol–water partition coefficient (Wildman–Crippen LogP) is 2.04. The Morgan fingerprint density at radius 3 is 2.59 bits per heavy atom. The van der Waals surface area contributed by atoms with Crippen LogP contribution in [0.4, 0.5) is 5.69 Å². The summed E-state index contributed by atoms with van der Waals surface area (Å²) in [4.78, 5) is 10.3. The Kier molecular flexibility index (Phi) is 4.72. The van der Waals surface area contributed by atoms with Crippen LogP contribution in [0.5, 0.6) is 0 Å². The van der Waals surface area contributed by atoms with Crippen molar-refractivity contribution in [1.82, 2.24) is 34.9 Å². The molecule has 0 radical (unpaired) electrons. The number of nitro benzene ring substituents is 1. The molecule has 0 saturated carbocycles.